The Morgan fingerprint density at radius 1 is 0.688 bits per heavy atom. The molecule has 0 atom stereocenters. The Morgan fingerprint density at radius 2 is 1.44 bits per heavy atom. The zero-order chi connectivity index (χ0) is 21.7. The van der Waals surface area contributed by atoms with E-state index in [0.29, 0.717) is 16.7 Å². The Labute approximate surface area is 187 Å². The topological polar surface area (TPSA) is 73.6 Å². The van der Waals surface area contributed by atoms with Crippen molar-refractivity contribution in [2.45, 2.75) is 0 Å². The first kappa shape index (κ1) is 18.3. The van der Waals surface area contributed by atoms with E-state index in [1.165, 1.54) is 0 Å². The maximum atomic E-state index is 9.62. The van der Waals surface area contributed by atoms with Crippen LogP contribution in [0.4, 0.5) is 0 Å². The number of benzene rings is 4. The third-order valence-corrected chi connectivity index (χ3v) is 6.62. The molecule has 4 aromatic carbocycles. The van der Waals surface area contributed by atoms with Gasteiger partial charge in [0.2, 0.25) is 0 Å². The van der Waals surface area contributed by atoms with E-state index in [1.807, 2.05) is 54.6 Å². The van der Waals surface area contributed by atoms with Gasteiger partial charge in [0.15, 0.2) is 0 Å². The highest BCUT2D eigenvalue weighted by molar-refractivity contribution is 7.21. The van der Waals surface area contributed by atoms with Gasteiger partial charge in [-0.3, -0.25) is 0 Å². The fraction of sp³-hybridized carbons (Fsp3) is 0. The molecule has 5 heteroatoms. The predicted molar refractivity (Wildman–Crippen MR) is 127 cm³/mol. The van der Waals surface area contributed by atoms with Crippen LogP contribution >= 0.6 is 11.3 Å². The molecule has 2 aromatic heterocycles. The summed E-state index contributed by atoms with van der Waals surface area (Å²) in [6.07, 6.45) is 0. The minimum atomic E-state index is 0.568. The smallest absolute Gasteiger partial charge is 0.136 e. The van der Waals surface area contributed by atoms with Crippen LogP contribution in [0.15, 0.2) is 83.3 Å². The van der Waals surface area contributed by atoms with Gasteiger partial charge in [-0.05, 0) is 71.8 Å². The number of fused-ring (bicyclic) bond motifs is 4. The standard InChI is InChI=1S/C27H13N3OS/c28-14-16-5-7-21-22-8-6-18(13-25(22)31-24(21)11-16)19-9-17(15-29)10-20(12-19)27-30-23-3-1-2-4-26(23)32-27/h1-13H. The molecule has 148 valence electrons. The number of rotatable bonds is 2. The van der Waals surface area contributed by atoms with Crippen LogP contribution in [0.2, 0.25) is 0 Å². The second-order valence-electron chi connectivity index (χ2n) is 7.53. The monoisotopic (exact) mass is 427 g/mol. The lowest BCUT2D eigenvalue weighted by molar-refractivity contribution is 0.669. The van der Waals surface area contributed by atoms with E-state index in [1.54, 1.807) is 23.5 Å². The number of hydrogen-bond acceptors (Lipinski definition) is 5. The third kappa shape index (κ3) is 2.93. The van der Waals surface area contributed by atoms with Crippen LogP contribution in [-0.4, -0.2) is 4.98 Å². The van der Waals surface area contributed by atoms with E-state index in [2.05, 4.69) is 24.3 Å². The molecule has 32 heavy (non-hydrogen) atoms. The summed E-state index contributed by atoms with van der Waals surface area (Å²) >= 11 is 1.62. The van der Waals surface area contributed by atoms with Gasteiger partial charge in [-0.25, -0.2) is 4.98 Å². The quantitative estimate of drug-likeness (QED) is 0.291. The summed E-state index contributed by atoms with van der Waals surface area (Å²) in [5.74, 6) is 0. The fourth-order valence-electron chi connectivity index (χ4n) is 4.00. The molecule has 4 nitrogen and oxygen atoms in total. The number of nitrogens with zero attached hydrogens (tertiary/aromatic N) is 3. The average molecular weight is 427 g/mol. The van der Waals surface area contributed by atoms with Crippen molar-refractivity contribution in [2.75, 3.05) is 0 Å². The van der Waals surface area contributed by atoms with E-state index >= 15 is 0 Å². The van der Waals surface area contributed by atoms with Crippen molar-refractivity contribution < 1.29 is 4.42 Å². The first-order valence-electron chi connectivity index (χ1n) is 10.00. The maximum absolute atomic E-state index is 9.62. The van der Waals surface area contributed by atoms with Gasteiger partial charge in [-0.1, -0.05) is 18.2 Å². The van der Waals surface area contributed by atoms with Gasteiger partial charge in [0.1, 0.15) is 16.2 Å². The van der Waals surface area contributed by atoms with Crippen molar-refractivity contribution in [3.63, 3.8) is 0 Å². The van der Waals surface area contributed by atoms with Gasteiger partial charge in [0.25, 0.3) is 0 Å². The first-order valence-corrected chi connectivity index (χ1v) is 10.8. The number of hydrogen-bond donors (Lipinski definition) is 0. The molecule has 0 unspecified atom stereocenters. The summed E-state index contributed by atoms with van der Waals surface area (Å²) in [6.45, 7) is 0. The van der Waals surface area contributed by atoms with E-state index in [0.717, 1.165) is 48.3 Å². The summed E-state index contributed by atoms with van der Waals surface area (Å²) < 4.78 is 7.16. The molecule has 0 aliphatic heterocycles. The fourth-order valence-corrected chi connectivity index (χ4v) is 4.96. The van der Waals surface area contributed by atoms with Crippen LogP contribution in [0.1, 0.15) is 11.1 Å². The lowest BCUT2D eigenvalue weighted by Gasteiger charge is -2.06. The lowest BCUT2D eigenvalue weighted by atomic mass is 9.99. The molecule has 6 aromatic rings. The lowest BCUT2D eigenvalue weighted by Crippen LogP contribution is -1.85. The SMILES string of the molecule is N#Cc1cc(-c2ccc3c(c2)oc2cc(C#N)ccc23)cc(-c2nc3ccccc3s2)c1. The van der Waals surface area contributed by atoms with Gasteiger partial charge in [-0.2, -0.15) is 10.5 Å². The molecule has 0 N–H and O–H groups in total. The Kier molecular flexibility index (Phi) is 4.04. The highest BCUT2D eigenvalue weighted by Crippen LogP contribution is 2.36. The van der Waals surface area contributed by atoms with Crippen LogP contribution in [0.5, 0.6) is 0 Å². The average Bonchev–Trinajstić information content (AvgIpc) is 3.44. The first-order chi connectivity index (χ1) is 15.7. The van der Waals surface area contributed by atoms with E-state index < -0.39 is 0 Å². The second-order valence-corrected chi connectivity index (χ2v) is 8.56. The molecule has 2 heterocycles. The summed E-state index contributed by atoms with van der Waals surface area (Å²) in [5, 5.41) is 21.6. The van der Waals surface area contributed by atoms with Gasteiger partial charge >= 0.3 is 0 Å². The largest absolute Gasteiger partial charge is 0.456 e. The van der Waals surface area contributed by atoms with Gasteiger partial charge in [0.05, 0.1) is 33.5 Å². The molecule has 0 bridgehead atoms. The number of aromatic nitrogens is 1. The Hall–Kier alpha value is -4.45. The van der Waals surface area contributed by atoms with Crippen molar-refractivity contribution in [2.24, 2.45) is 0 Å². The molecule has 0 aliphatic carbocycles. The third-order valence-electron chi connectivity index (χ3n) is 5.54. The van der Waals surface area contributed by atoms with E-state index in [4.69, 9.17) is 14.7 Å². The van der Waals surface area contributed by atoms with E-state index in [9.17, 15) is 5.26 Å². The Balaban J connectivity index is 1.51. The molecule has 0 saturated carbocycles. The number of nitriles is 2. The molecular formula is C27H13N3OS. The summed E-state index contributed by atoms with van der Waals surface area (Å²) in [5.41, 5.74) is 6.35. The maximum Gasteiger partial charge on any atom is 0.136 e. The van der Waals surface area contributed by atoms with Crippen molar-refractivity contribution >= 4 is 43.5 Å². The zero-order valence-corrected chi connectivity index (χ0v) is 17.5. The van der Waals surface area contributed by atoms with Crippen molar-refractivity contribution in [1.29, 1.82) is 10.5 Å². The molecule has 0 aliphatic rings. The zero-order valence-electron chi connectivity index (χ0n) is 16.7. The van der Waals surface area contributed by atoms with Crippen LogP contribution < -0.4 is 0 Å². The minimum absolute atomic E-state index is 0.568. The minimum Gasteiger partial charge on any atom is -0.456 e. The van der Waals surface area contributed by atoms with Gasteiger partial charge in [0, 0.05) is 16.3 Å². The van der Waals surface area contributed by atoms with Crippen LogP contribution in [-0.2, 0) is 0 Å². The summed E-state index contributed by atoms with van der Waals surface area (Å²) in [6, 6.07) is 29.8. The van der Waals surface area contributed by atoms with Crippen molar-refractivity contribution in [3.8, 4) is 33.8 Å². The Bertz CT molecular complexity index is 1730. The summed E-state index contributed by atoms with van der Waals surface area (Å²) in [4.78, 5) is 4.75. The highest BCUT2D eigenvalue weighted by atomic mass is 32.1. The molecular weight excluding hydrogens is 414 g/mol. The predicted octanol–water partition coefficient (Wildman–Crippen LogP) is 7.27. The van der Waals surface area contributed by atoms with Crippen molar-refractivity contribution in [3.05, 3.63) is 90.0 Å². The molecule has 0 radical (unpaired) electrons. The normalized spacial score (nSPS) is 11.1. The summed E-state index contributed by atoms with van der Waals surface area (Å²) in [7, 11) is 0. The number of thiazole rings is 1. The second kappa shape index (κ2) is 7.06. The molecule has 0 fully saturated rings. The van der Waals surface area contributed by atoms with Gasteiger partial charge < -0.3 is 4.42 Å². The molecule has 6 rings (SSSR count). The number of para-hydroxylation sites is 1. The van der Waals surface area contributed by atoms with Crippen LogP contribution in [0.3, 0.4) is 0 Å². The molecule has 0 amide bonds. The Morgan fingerprint density at radius 3 is 2.25 bits per heavy atom. The molecule has 0 saturated heterocycles. The number of furan rings is 1. The van der Waals surface area contributed by atoms with Gasteiger partial charge in [-0.15, -0.1) is 11.3 Å². The van der Waals surface area contributed by atoms with Crippen molar-refractivity contribution in [1.82, 2.24) is 4.98 Å². The molecule has 0 spiro atoms. The van der Waals surface area contributed by atoms with Crippen LogP contribution in [0, 0.1) is 22.7 Å². The van der Waals surface area contributed by atoms with E-state index in [-0.39, 0.29) is 0 Å². The highest BCUT2D eigenvalue weighted by Gasteiger charge is 2.12. The van der Waals surface area contributed by atoms with Crippen LogP contribution in [0.25, 0.3) is 53.9 Å².